The number of hydrogen-bond acceptors (Lipinski definition) is 4. The van der Waals surface area contributed by atoms with Crippen molar-refractivity contribution in [1.29, 1.82) is 0 Å². The highest BCUT2D eigenvalue weighted by Crippen LogP contribution is 2.32. The predicted molar refractivity (Wildman–Crippen MR) is 120 cm³/mol. The van der Waals surface area contributed by atoms with Crippen LogP contribution < -0.4 is 14.8 Å². The first-order chi connectivity index (χ1) is 14.9. The monoisotopic (exact) mass is 424 g/mol. The van der Waals surface area contributed by atoms with Gasteiger partial charge in [-0.25, -0.2) is 0 Å². The molecule has 1 N–H and O–H groups in total. The quantitative estimate of drug-likeness (QED) is 0.633. The molecule has 0 unspecified atom stereocenters. The molecule has 1 heterocycles. The molecule has 0 aliphatic carbocycles. The molecule has 1 atom stereocenters. The van der Waals surface area contributed by atoms with Gasteiger partial charge in [0.1, 0.15) is 6.04 Å². The number of amides is 2. The van der Waals surface area contributed by atoms with Crippen LogP contribution in [0.4, 0.5) is 0 Å². The van der Waals surface area contributed by atoms with E-state index in [0.717, 1.165) is 16.9 Å². The second-order valence-corrected chi connectivity index (χ2v) is 8.33. The maximum atomic E-state index is 13.1. The van der Waals surface area contributed by atoms with E-state index in [-0.39, 0.29) is 18.6 Å². The van der Waals surface area contributed by atoms with Crippen molar-refractivity contribution >= 4 is 11.8 Å². The smallest absolute Gasteiger partial charge is 0.242 e. The zero-order valence-corrected chi connectivity index (χ0v) is 18.6. The van der Waals surface area contributed by atoms with Gasteiger partial charge in [-0.05, 0) is 48.9 Å². The molecule has 0 bridgehead atoms. The summed E-state index contributed by atoms with van der Waals surface area (Å²) in [6.07, 6.45) is 1.62. The number of fused-ring (bicyclic) bond motifs is 1. The van der Waals surface area contributed by atoms with Crippen molar-refractivity contribution in [3.8, 4) is 11.5 Å². The summed E-state index contributed by atoms with van der Waals surface area (Å²) in [4.78, 5) is 27.5. The number of aryl methyl sites for hydroxylation is 1. The third-order valence-electron chi connectivity index (χ3n) is 5.40. The molecule has 6 heteroatoms. The molecule has 1 aliphatic rings. The van der Waals surface area contributed by atoms with Crippen LogP contribution >= 0.6 is 0 Å². The molecular formula is C25H32N2O4. The molecule has 0 fully saturated rings. The van der Waals surface area contributed by atoms with E-state index in [2.05, 4.69) is 19.2 Å². The molecule has 3 rings (SSSR count). The highest BCUT2D eigenvalue weighted by molar-refractivity contribution is 5.87. The summed E-state index contributed by atoms with van der Waals surface area (Å²) in [6.45, 7) is 7.23. The van der Waals surface area contributed by atoms with E-state index >= 15 is 0 Å². The van der Waals surface area contributed by atoms with Gasteiger partial charge in [0.25, 0.3) is 0 Å². The number of carbonyl (C=O) groups is 2. The molecule has 1 aliphatic heterocycles. The second-order valence-electron chi connectivity index (χ2n) is 8.33. The summed E-state index contributed by atoms with van der Waals surface area (Å²) in [5.74, 6) is 1.66. The molecule has 0 spiro atoms. The van der Waals surface area contributed by atoms with Crippen LogP contribution in [0.2, 0.25) is 0 Å². The molecule has 2 amide bonds. The standard InChI is InChI=1S/C25H32N2O4/c1-18(2)16-26-25(29)19(3)27(14-13-20-7-5-4-6-8-20)24(28)12-10-21-9-11-22-23(15-21)31-17-30-22/h4-9,11,15,18-19H,10,12-14,16-17H2,1-3H3,(H,26,29)/t19-/m0/s1. The summed E-state index contributed by atoms with van der Waals surface area (Å²) in [5, 5.41) is 2.95. The van der Waals surface area contributed by atoms with E-state index in [0.29, 0.717) is 44.0 Å². The Morgan fingerprint density at radius 1 is 0.968 bits per heavy atom. The molecular weight excluding hydrogens is 392 g/mol. The topological polar surface area (TPSA) is 67.9 Å². The van der Waals surface area contributed by atoms with Gasteiger partial charge in [-0.1, -0.05) is 50.2 Å². The highest BCUT2D eigenvalue weighted by Gasteiger charge is 2.25. The van der Waals surface area contributed by atoms with Gasteiger partial charge in [0.2, 0.25) is 18.6 Å². The summed E-state index contributed by atoms with van der Waals surface area (Å²) in [5.41, 5.74) is 2.16. The Labute approximate surface area is 184 Å². The Morgan fingerprint density at radius 2 is 1.71 bits per heavy atom. The van der Waals surface area contributed by atoms with Crippen LogP contribution in [-0.2, 0) is 22.4 Å². The van der Waals surface area contributed by atoms with E-state index < -0.39 is 6.04 Å². The van der Waals surface area contributed by atoms with Crippen LogP contribution in [0.1, 0.15) is 38.3 Å². The lowest BCUT2D eigenvalue weighted by Crippen LogP contribution is -2.49. The molecule has 2 aromatic rings. The Bertz CT molecular complexity index is 882. The Morgan fingerprint density at radius 3 is 2.45 bits per heavy atom. The third kappa shape index (κ3) is 6.48. The zero-order chi connectivity index (χ0) is 22.2. The Kier molecular flexibility index (Phi) is 7.93. The summed E-state index contributed by atoms with van der Waals surface area (Å²) in [6, 6.07) is 15.2. The highest BCUT2D eigenvalue weighted by atomic mass is 16.7. The van der Waals surface area contributed by atoms with Crippen LogP contribution in [0.25, 0.3) is 0 Å². The van der Waals surface area contributed by atoms with Crippen molar-refractivity contribution in [1.82, 2.24) is 10.2 Å². The second kappa shape index (κ2) is 10.8. The molecule has 0 radical (unpaired) electrons. The number of hydrogen-bond donors (Lipinski definition) is 1. The van der Waals surface area contributed by atoms with E-state index in [9.17, 15) is 9.59 Å². The fourth-order valence-electron chi connectivity index (χ4n) is 3.51. The van der Waals surface area contributed by atoms with Crippen molar-refractivity contribution in [2.24, 2.45) is 5.92 Å². The van der Waals surface area contributed by atoms with E-state index in [4.69, 9.17) is 9.47 Å². The normalized spacial score (nSPS) is 13.2. The lowest BCUT2D eigenvalue weighted by molar-refractivity contribution is -0.139. The van der Waals surface area contributed by atoms with Crippen LogP contribution in [-0.4, -0.2) is 42.6 Å². The molecule has 2 aromatic carbocycles. The molecule has 0 aromatic heterocycles. The minimum Gasteiger partial charge on any atom is -0.454 e. The van der Waals surface area contributed by atoms with Gasteiger partial charge in [-0.15, -0.1) is 0 Å². The van der Waals surface area contributed by atoms with Crippen molar-refractivity contribution < 1.29 is 19.1 Å². The fourth-order valence-corrected chi connectivity index (χ4v) is 3.51. The van der Waals surface area contributed by atoms with Crippen molar-refractivity contribution in [3.05, 3.63) is 59.7 Å². The minimum atomic E-state index is -0.522. The SMILES string of the molecule is CC(C)CNC(=O)[C@H](C)N(CCc1ccccc1)C(=O)CCc1ccc2c(c1)OCO2. The largest absolute Gasteiger partial charge is 0.454 e. The van der Waals surface area contributed by atoms with Crippen LogP contribution in [0.3, 0.4) is 0 Å². The first-order valence-corrected chi connectivity index (χ1v) is 10.9. The Hall–Kier alpha value is -3.02. The van der Waals surface area contributed by atoms with Gasteiger partial charge in [0.05, 0.1) is 0 Å². The maximum absolute atomic E-state index is 13.1. The summed E-state index contributed by atoms with van der Waals surface area (Å²) in [7, 11) is 0. The molecule has 6 nitrogen and oxygen atoms in total. The molecule has 0 saturated heterocycles. The zero-order valence-electron chi connectivity index (χ0n) is 18.6. The minimum absolute atomic E-state index is 0.0270. The maximum Gasteiger partial charge on any atom is 0.242 e. The lowest BCUT2D eigenvalue weighted by atomic mass is 10.1. The number of carbonyl (C=O) groups excluding carboxylic acids is 2. The molecule has 0 saturated carbocycles. The number of benzene rings is 2. The Balaban J connectivity index is 1.64. The van der Waals surface area contributed by atoms with E-state index in [1.54, 1.807) is 11.8 Å². The van der Waals surface area contributed by atoms with Gasteiger partial charge >= 0.3 is 0 Å². The van der Waals surface area contributed by atoms with Crippen LogP contribution in [0.5, 0.6) is 11.5 Å². The van der Waals surface area contributed by atoms with Gasteiger partial charge in [0.15, 0.2) is 11.5 Å². The van der Waals surface area contributed by atoms with Crippen molar-refractivity contribution in [2.75, 3.05) is 19.9 Å². The predicted octanol–water partition coefficient (Wildman–Crippen LogP) is 3.58. The van der Waals surface area contributed by atoms with Crippen LogP contribution in [0.15, 0.2) is 48.5 Å². The molecule has 31 heavy (non-hydrogen) atoms. The van der Waals surface area contributed by atoms with Gasteiger partial charge < -0.3 is 19.7 Å². The number of nitrogens with zero attached hydrogens (tertiary/aromatic N) is 1. The molecule has 166 valence electrons. The fraction of sp³-hybridized carbons (Fsp3) is 0.440. The van der Waals surface area contributed by atoms with E-state index in [1.165, 1.54) is 0 Å². The first-order valence-electron chi connectivity index (χ1n) is 10.9. The van der Waals surface area contributed by atoms with Crippen molar-refractivity contribution in [3.63, 3.8) is 0 Å². The van der Waals surface area contributed by atoms with Gasteiger partial charge in [0, 0.05) is 19.5 Å². The number of ether oxygens (including phenoxy) is 2. The average Bonchev–Trinajstić information content (AvgIpc) is 3.24. The van der Waals surface area contributed by atoms with Gasteiger partial charge in [-0.3, -0.25) is 9.59 Å². The van der Waals surface area contributed by atoms with Gasteiger partial charge in [-0.2, -0.15) is 0 Å². The first kappa shape index (κ1) is 22.7. The number of rotatable bonds is 10. The van der Waals surface area contributed by atoms with Crippen molar-refractivity contribution in [2.45, 2.75) is 46.1 Å². The lowest BCUT2D eigenvalue weighted by Gasteiger charge is -2.29. The summed E-state index contributed by atoms with van der Waals surface area (Å²) < 4.78 is 10.8. The summed E-state index contributed by atoms with van der Waals surface area (Å²) >= 11 is 0. The van der Waals surface area contributed by atoms with E-state index in [1.807, 2.05) is 48.5 Å². The third-order valence-corrected chi connectivity index (χ3v) is 5.40. The van der Waals surface area contributed by atoms with Crippen LogP contribution in [0, 0.1) is 5.92 Å². The average molecular weight is 425 g/mol. The number of nitrogens with one attached hydrogen (secondary N) is 1.